The molecule has 0 aromatic heterocycles. The summed E-state index contributed by atoms with van der Waals surface area (Å²) < 4.78 is 21.6. The van der Waals surface area contributed by atoms with Gasteiger partial charge in [0.05, 0.1) is 6.61 Å². The summed E-state index contributed by atoms with van der Waals surface area (Å²) >= 11 is 0. The molecule has 18 heavy (non-hydrogen) atoms. The molecule has 0 spiro atoms. The molecule has 0 aliphatic heterocycles. The standard InChI is InChI=1S/C14H22O4/c1-4-16-14(17-5-2)11-18-13-8-6-7-12(9-13)10-15-3/h6-9,14H,4-5,10-11H2,1-3H3. The van der Waals surface area contributed by atoms with E-state index in [2.05, 4.69) is 0 Å². The number of hydrogen-bond acceptors (Lipinski definition) is 4. The molecule has 0 radical (unpaired) electrons. The fraction of sp³-hybridized carbons (Fsp3) is 0.571. The van der Waals surface area contributed by atoms with E-state index in [0.717, 1.165) is 11.3 Å². The Morgan fingerprint density at radius 1 is 1.11 bits per heavy atom. The lowest BCUT2D eigenvalue weighted by atomic mass is 10.2. The molecule has 1 aromatic rings. The van der Waals surface area contributed by atoms with Gasteiger partial charge >= 0.3 is 0 Å². The number of benzene rings is 1. The van der Waals surface area contributed by atoms with Gasteiger partial charge in [-0.05, 0) is 31.5 Å². The predicted molar refractivity (Wildman–Crippen MR) is 69.7 cm³/mol. The van der Waals surface area contributed by atoms with Crippen molar-refractivity contribution < 1.29 is 18.9 Å². The minimum atomic E-state index is -0.314. The molecular formula is C14H22O4. The van der Waals surface area contributed by atoms with Gasteiger partial charge in [-0.1, -0.05) is 12.1 Å². The van der Waals surface area contributed by atoms with Crippen LogP contribution >= 0.6 is 0 Å². The van der Waals surface area contributed by atoms with Crippen LogP contribution in [0.15, 0.2) is 24.3 Å². The van der Waals surface area contributed by atoms with Crippen LogP contribution in [0.2, 0.25) is 0 Å². The molecule has 0 N–H and O–H groups in total. The highest BCUT2D eigenvalue weighted by atomic mass is 16.7. The smallest absolute Gasteiger partial charge is 0.191 e. The number of methoxy groups -OCH3 is 1. The molecule has 0 saturated carbocycles. The monoisotopic (exact) mass is 254 g/mol. The molecular weight excluding hydrogens is 232 g/mol. The summed E-state index contributed by atoms with van der Waals surface area (Å²) in [4.78, 5) is 0. The second kappa shape index (κ2) is 8.91. The van der Waals surface area contributed by atoms with Crippen LogP contribution in [0.4, 0.5) is 0 Å². The van der Waals surface area contributed by atoms with Gasteiger partial charge in [0.25, 0.3) is 0 Å². The average Bonchev–Trinajstić information content (AvgIpc) is 2.37. The van der Waals surface area contributed by atoms with Crippen molar-refractivity contribution in [2.75, 3.05) is 26.9 Å². The van der Waals surface area contributed by atoms with Gasteiger partial charge < -0.3 is 18.9 Å². The quantitative estimate of drug-likeness (QED) is 0.635. The van der Waals surface area contributed by atoms with E-state index in [9.17, 15) is 0 Å². The van der Waals surface area contributed by atoms with Crippen LogP contribution < -0.4 is 4.74 Å². The highest BCUT2D eigenvalue weighted by Crippen LogP contribution is 2.14. The fourth-order valence-corrected chi connectivity index (χ4v) is 1.57. The zero-order valence-electron chi connectivity index (χ0n) is 11.3. The Morgan fingerprint density at radius 2 is 1.83 bits per heavy atom. The molecule has 0 atom stereocenters. The minimum absolute atomic E-state index is 0.314. The molecule has 0 saturated heterocycles. The Hall–Kier alpha value is -1.10. The van der Waals surface area contributed by atoms with Gasteiger partial charge in [-0.3, -0.25) is 0 Å². The van der Waals surface area contributed by atoms with Gasteiger partial charge in [-0.15, -0.1) is 0 Å². The van der Waals surface area contributed by atoms with Crippen LogP contribution in [-0.2, 0) is 20.8 Å². The molecule has 4 nitrogen and oxygen atoms in total. The molecule has 0 bridgehead atoms. The third-order valence-electron chi connectivity index (χ3n) is 2.30. The van der Waals surface area contributed by atoms with E-state index >= 15 is 0 Å². The zero-order valence-corrected chi connectivity index (χ0v) is 11.3. The van der Waals surface area contributed by atoms with Crippen molar-refractivity contribution in [3.63, 3.8) is 0 Å². The van der Waals surface area contributed by atoms with Crippen molar-refractivity contribution in [1.29, 1.82) is 0 Å². The minimum Gasteiger partial charge on any atom is -0.488 e. The highest BCUT2D eigenvalue weighted by molar-refractivity contribution is 5.28. The van der Waals surface area contributed by atoms with Crippen LogP contribution in [0, 0.1) is 0 Å². The van der Waals surface area contributed by atoms with E-state index < -0.39 is 0 Å². The average molecular weight is 254 g/mol. The molecule has 0 aliphatic rings. The van der Waals surface area contributed by atoms with Crippen molar-refractivity contribution in [2.45, 2.75) is 26.7 Å². The lowest BCUT2D eigenvalue weighted by Gasteiger charge is -2.17. The first-order chi connectivity index (χ1) is 8.80. The first kappa shape index (κ1) is 15.0. The largest absolute Gasteiger partial charge is 0.488 e. The predicted octanol–water partition coefficient (Wildman–Crippen LogP) is 2.61. The zero-order chi connectivity index (χ0) is 13.2. The molecule has 102 valence electrons. The van der Waals surface area contributed by atoms with E-state index in [-0.39, 0.29) is 6.29 Å². The normalized spacial score (nSPS) is 10.9. The topological polar surface area (TPSA) is 36.9 Å². The number of rotatable bonds is 9. The van der Waals surface area contributed by atoms with E-state index in [0.29, 0.717) is 26.4 Å². The van der Waals surface area contributed by atoms with E-state index in [1.54, 1.807) is 7.11 Å². The van der Waals surface area contributed by atoms with Crippen LogP contribution in [0.1, 0.15) is 19.4 Å². The van der Waals surface area contributed by atoms with Gasteiger partial charge in [0.2, 0.25) is 0 Å². The Bertz CT molecular complexity index is 321. The second-order valence-corrected chi connectivity index (χ2v) is 3.73. The maximum Gasteiger partial charge on any atom is 0.191 e. The number of hydrogen-bond donors (Lipinski definition) is 0. The third kappa shape index (κ3) is 5.49. The molecule has 1 rings (SSSR count). The maximum absolute atomic E-state index is 5.65. The van der Waals surface area contributed by atoms with Gasteiger partial charge in [-0.2, -0.15) is 0 Å². The van der Waals surface area contributed by atoms with E-state index in [1.165, 1.54) is 0 Å². The highest BCUT2D eigenvalue weighted by Gasteiger charge is 2.08. The molecule has 4 heteroatoms. The Balaban J connectivity index is 2.47. The summed E-state index contributed by atoms with van der Waals surface area (Å²) in [6.07, 6.45) is -0.314. The summed E-state index contributed by atoms with van der Waals surface area (Å²) in [5, 5.41) is 0. The van der Waals surface area contributed by atoms with Gasteiger partial charge in [0.15, 0.2) is 6.29 Å². The number of ether oxygens (including phenoxy) is 4. The molecule has 0 amide bonds. The van der Waals surface area contributed by atoms with Crippen LogP contribution in [0.3, 0.4) is 0 Å². The van der Waals surface area contributed by atoms with Gasteiger partial charge in [0.1, 0.15) is 12.4 Å². The van der Waals surface area contributed by atoms with Crippen molar-refractivity contribution in [3.05, 3.63) is 29.8 Å². The van der Waals surface area contributed by atoms with E-state index in [4.69, 9.17) is 18.9 Å². The summed E-state index contributed by atoms with van der Waals surface area (Å²) in [6, 6.07) is 7.81. The second-order valence-electron chi connectivity index (χ2n) is 3.73. The summed E-state index contributed by atoms with van der Waals surface area (Å²) in [5.74, 6) is 0.800. The molecule has 0 heterocycles. The molecule has 1 aromatic carbocycles. The maximum atomic E-state index is 5.65. The van der Waals surface area contributed by atoms with Crippen molar-refractivity contribution in [2.24, 2.45) is 0 Å². The van der Waals surface area contributed by atoms with Crippen molar-refractivity contribution >= 4 is 0 Å². The molecule has 0 unspecified atom stereocenters. The van der Waals surface area contributed by atoms with Crippen molar-refractivity contribution in [3.8, 4) is 5.75 Å². The van der Waals surface area contributed by atoms with Gasteiger partial charge in [0, 0.05) is 20.3 Å². The Morgan fingerprint density at radius 3 is 2.44 bits per heavy atom. The fourth-order valence-electron chi connectivity index (χ4n) is 1.57. The lowest BCUT2D eigenvalue weighted by Crippen LogP contribution is -2.25. The van der Waals surface area contributed by atoms with Gasteiger partial charge in [-0.25, -0.2) is 0 Å². The van der Waals surface area contributed by atoms with Crippen molar-refractivity contribution in [1.82, 2.24) is 0 Å². The Kier molecular flexibility index (Phi) is 7.41. The SMILES string of the molecule is CCOC(COc1cccc(COC)c1)OCC. The summed E-state index contributed by atoms with van der Waals surface area (Å²) in [5.41, 5.74) is 1.08. The Labute approximate surface area is 109 Å². The van der Waals surface area contributed by atoms with Crippen LogP contribution in [0.25, 0.3) is 0 Å². The molecule has 0 aliphatic carbocycles. The van der Waals surface area contributed by atoms with Crippen LogP contribution in [0.5, 0.6) is 5.75 Å². The first-order valence-electron chi connectivity index (χ1n) is 6.24. The lowest BCUT2D eigenvalue weighted by molar-refractivity contribution is -0.152. The summed E-state index contributed by atoms with van der Waals surface area (Å²) in [7, 11) is 1.67. The third-order valence-corrected chi connectivity index (χ3v) is 2.30. The van der Waals surface area contributed by atoms with Crippen LogP contribution in [-0.4, -0.2) is 33.2 Å². The first-order valence-corrected chi connectivity index (χ1v) is 6.24. The summed E-state index contributed by atoms with van der Waals surface area (Å²) in [6.45, 7) is 6.06. The molecule has 0 fully saturated rings. The van der Waals surface area contributed by atoms with E-state index in [1.807, 2.05) is 38.1 Å².